The fraction of sp³-hybridized carbons (Fsp3) is 0.471. The van der Waals surface area contributed by atoms with Crippen LogP contribution in [0, 0.1) is 11.8 Å². The van der Waals surface area contributed by atoms with Gasteiger partial charge in [0.05, 0.1) is 22.1 Å². The summed E-state index contributed by atoms with van der Waals surface area (Å²) >= 11 is 7.63. The molecule has 1 saturated carbocycles. The maximum Gasteiger partial charge on any atom is 0.307 e. The van der Waals surface area contributed by atoms with E-state index in [1.807, 2.05) is 18.2 Å². The minimum absolute atomic E-state index is 0.00520. The average molecular weight is 380 g/mol. The lowest BCUT2D eigenvalue weighted by molar-refractivity contribution is -0.156. The fourth-order valence-electron chi connectivity index (χ4n) is 3.47. The SMILES string of the molecule is O=C(O)[C@@H]1CC[C@H]1C(=O)N1CCN(c2nc3ccc(Cl)cc3s2)CC1. The van der Waals surface area contributed by atoms with E-state index < -0.39 is 11.9 Å². The Kier molecular flexibility index (Phi) is 4.29. The van der Waals surface area contributed by atoms with Crippen molar-refractivity contribution < 1.29 is 14.7 Å². The standard InChI is InChI=1S/C17H18ClN3O3S/c18-10-1-4-13-14(9-10)25-17(19-13)21-7-5-20(6-8-21)15(22)11-2-3-12(11)16(23)24/h1,4,9,11-12H,2-3,5-8H2,(H,23,24)/t11-,12-/m1/s1. The van der Waals surface area contributed by atoms with Crippen molar-refractivity contribution in [1.29, 1.82) is 0 Å². The Hall–Kier alpha value is -1.86. The number of carbonyl (C=O) groups excluding carboxylic acids is 1. The third-order valence-corrected chi connectivity index (χ3v) is 6.42. The number of thiazole rings is 1. The number of hydrogen-bond donors (Lipinski definition) is 1. The van der Waals surface area contributed by atoms with Gasteiger partial charge < -0.3 is 14.9 Å². The van der Waals surface area contributed by atoms with Gasteiger partial charge in [-0.05, 0) is 31.0 Å². The van der Waals surface area contributed by atoms with Gasteiger partial charge in [0, 0.05) is 31.2 Å². The van der Waals surface area contributed by atoms with Crippen LogP contribution in [0.2, 0.25) is 5.02 Å². The van der Waals surface area contributed by atoms with E-state index in [1.54, 1.807) is 16.2 Å². The predicted molar refractivity (Wildman–Crippen MR) is 97.3 cm³/mol. The highest BCUT2D eigenvalue weighted by Crippen LogP contribution is 2.36. The molecule has 1 amide bonds. The number of aliphatic carboxylic acids is 1. The van der Waals surface area contributed by atoms with Gasteiger partial charge in [-0.2, -0.15) is 0 Å². The van der Waals surface area contributed by atoms with Crippen molar-refractivity contribution in [3.05, 3.63) is 23.2 Å². The lowest BCUT2D eigenvalue weighted by atomic mass is 9.73. The van der Waals surface area contributed by atoms with Crippen LogP contribution in [0.3, 0.4) is 0 Å². The van der Waals surface area contributed by atoms with Crippen molar-refractivity contribution >= 4 is 50.2 Å². The highest BCUT2D eigenvalue weighted by atomic mass is 35.5. The molecule has 132 valence electrons. The first-order valence-electron chi connectivity index (χ1n) is 8.35. The normalized spacial score (nSPS) is 23.6. The Morgan fingerprint density at radius 1 is 1.16 bits per heavy atom. The van der Waals surface area contributed by atoms with E-state index in [0.717, 1.165) is 15.3 Å². The second kappa shape index (κ2) is 6.46. The van der Waals surface area contributed by atoms with Gasteiger partial charge in [0.25, 0.3) is 0 Å². The van der Waals surface area contributed by atoms with Crippen molar-refractivity contribution in [2.75, 3.05) is 31.1 Å². The van der Waals surface area contributed by atoms with Crippen molar-refractivity contribution in [2.24, 2.45) is 11.8 Å². The summed E-state index contributed by atoms with van der Waals surface area (Å²) in [7, 11) is 0. The number of anilines is 1. The van der Waals surface area contributed by atoms with E-state index in [4.69, 9.17) is 16.7 Å². The molecular formula is C17H18ClN3O3S. The molecule has 6 nitrogen and oxygen atoms in total. The van der Waals surface area contributed by atoms with Gasteiger partial charge in [-0.25, -0.2) is 4.98 Å². The van der Waals surface area contributed by atoms with E-state index >= 15 is 0 Å². The number of fused-ring (bicyclic) bond motifs is 1. The molecule has 0 bridgehead atoms. The number of nitrogens with zero attached hydrogens (tertiary/aromatic N) is 3. The van der Waals surface area contributed by atoms with Gasteiger partial charge >= 0.3 is 5.97 Å². The Bertz CT molecular complexity index is 832. The second-order valence-corrected chi connectivity index (χ2v) is 7.99. The van der Waals surface area contributed by atoms with E-state index in [-0.39, 0.29) is 11.8 Å². The van der Waals surface area contributed by atoms with Crippen LogP contribution in [-0.4, -0.2) is 53.0 Å². The third-order valence-electron chi connectivity index (χ3n) is 5.11. The van der Waals surface area contributed by atoms with E-state index in [2.05, 4.69) is 9.88 Å². The number of aromatic nitrogens is 1. The summed E-state index contributed by atoms with van der Waals surface area (Å²) in [6.45, 7) is 2.64. The highest BCUT2D eigenvalue weighted by Gasteiger charge is 2.43. The van der Waals surface area contributed by atoms with Crippen molar-refractivity contribution in [3.63, 3.8) is 0 Å². The quantitative estimate of drug-likeness (QED) is 0.887. The number of rotatable bonds is 3. The molecule has 1 N–H and O–H groups in total. The zero-order chi connectivity index (χ0) is 17.6. The summed E-state index contributed by atoms with van der Waals surface area (Å²) in [6.07, 6.45) is 1.30. The molecule has 25 heavy (non-hydrogen) atoms. The first-order valence-corrected chi connectivity index (χ1v) is 9.55. The molecule has 2 atom stereocenters. The van der Waals surface area contributed by atoms with Gasteiger partial charge in [0.15, 0.2) is 5.13 Å². The highest BCUT2D eigenvalue weighted by molar-refractivity contribution is 7.22. The van der Waals surface area contributed by atoms with Crippen LogP contribution < -0.4 is 4.90 Å². The number of benzene rings is 1. The van der Waals surface area contributed by atoms with Crippen LogP contribution in [-0.2, 0) is 9.59 Å². The molecule has 1 aliphatic heterocycles. The Labute approximate surface area is 154 Å². The van der Waals surface area contributed by atoms with Gasteiger partial charge in [0.2, 0.25) is 5.91 Å². The molecule has 2 aliphatic rings. The van der Waals surface area contributed by atoms with Crippen LogP contribution in [0.5, 0.6) is 0 Å². The number of carboxylic acid groups (broad SMARTS) is 1. The number of carbonyl (C=O) groups is 2. The monoisotopic (exact) mass is 379 g/mol. The number of piperazine rings is 1. The van der Waals surface area contributed by atoms with Crippen LogP contribution >= 0.6 is 22.9 Å². The van der Waals surface area contributed by atoms with Gasteiger partial charge in [-0.3, -0.25) is 9.59 Å². The van der Waals surface area contributed by atoms with E-state index in [1.165, 1.54) is 0 Å². The smallest absolute Gasteiger partial charge is 0.307 e. The van der Waals surface area contributed by atoms with Crippen LogP contribution in [0.25, 0.3) is 10.2 Å². The summed E-state index contributed by atoms with van der Waals surface area (Å²) in [5, 5.41) is 10.8. The molecular weight excluding hydrogens is 362 g/mol. The summed E-state index contributed by atoms with van der Waals surface area (Å²) in [6, 6.07) is 5.67. The number of carboxylic acids is 1. The van der Waals surface area contributed by atoms with E-state index in [9.17, 15) is 9.59 Å². The Morgan fingerprint density at radius 2 is 1.88 bits per heavy atom. The Morgan fingerprint density at radius 3 is 2.52 bits per heavy atom. The second-order valence-electron chi connectivity index (χ2n) is 6.55. The maximum absolute atomic E-state index is 12.5. The Balaban J connectivity index is 1.40. The molecule has 0 unspecified atom stereocenters. The fourth-order valence-corrected chi connectivity index (χ4v) is 4.76. The largest absolute Gasteiger partial charge is 0.481 e. The number of amides is 1. The summed E-state index contributed by atoms with van der Waals surface area (Å²) in [5.74, 6) is -1.70. The van der Waals surface area contributed by atoms with Gasteiger partial charge in [-0.15, -0.1) is 0 Å². The van der Waals surface area contributed by atoms with Crippen LogP contribution in [0.1, 0.15) is 12.8 Å². The topological polar surface area (TPSA) is 73.7 Å². The zero-order valence-electron chi connectivity index (χ0n) is 13.5. The van der Waals surface area contributed by atoms with Gasteiger partial charge in [-0.1, -0.05) is 22.9 Å². The predicted octanol–water partition coefficient (Wildman–Crippen LogP) is 2.71. The third kappa shape index (κ3) is 3.06. The van der Waals surface area contributed by atoms with Crippen LogP contribution in [0.15, 0.2) is 18.2 Å². The van der Waals surface area contributed by atoms with Gasteiger partial charge in [0.1, 0.15) is 0 Å². The molecule has 0 spiro atoms. The lowest BCUT2D eigenvalue weighted by Gasteiger charge is -2.40. The molecule has 8 heteroatoms. The molecule has 2 fully saturated rings. The average Bonchev–Trinajstić information content (AvgIpc) is 2.96. The van der Waals surface area contributed by atoms with Crippen LogP contribution in [0.4, 0.5) is 5.13 Å². The minimum Gasteiger partial charge on any atom is -0.481 e. The summed E-state index contributed by atoms with van der Waals surface area (Å²) < 4.78 is 1.06. The number of halogens is 1. The van der Waals surface area contributed by atoms with Crippen molar-refractivity contribution in [1.82, 2.24) is 9.88 Å². The molecule has 4 rings (SSSR count). The molecule has 2 aromatic rings. The first-order chi connectivity index (χ1) is 12.0. The molecule has 1 saturated heterocycles. The summed E-state index contributed by atoms with van der Waals surface area (Å²) in [5.41, 5.74) is 0.932. The molecule has 0 radical (unpaired) electrons. The van der Waals surface area contributed by atoms with E-state index in [0.29, 0.717) is 44.0 Å². The lowest BCUT2D eigenvalue weighted by Crippen LogP contribution is -2.53. The first kappa shape index (κ1) is 16.6. The zero-order valence-corrected chi connectivity index (χ0v) is 15.1. The number of hydrogen-bond acceptors (Lipinski definition) is 5. The molecule has 1 aliphatic carbocycles. The van der Waals surface area contributed by atoms with Crippen molar-refractivity contribution in [2.45, 2.75) is 12.8 Å². The summed E-state index contributed by atoms with van der Waals surface area (Å²) in [4.78, 5) is 32.3. The minimum atomic E-state index is -0.851. The van der Waals surface area contributed by atoms with Crippen molar-refractivity contribution in [3.8, 4) is 0 Å². The maximum atomic E-state index is 12.5. The molecule has 1 aromatic carbocycles. The molecule has 1 aromatic heterocycles. The molecule has 2 heterocycles.